The second-order valence-corrected chi connectivity index (χ2v) is 8.51. The van der Waals surface area contributed by atoms with E-state index >= 15 is 0 Å². The van der Waals surface area contributed by atoms with Gasteiger partial charge in [-0.25, -0.2) is 13.1 Å². The van der Waals surface area contributed by atoms with E-state index in [1.165, 1.54) is 0 Å². The number of benzene rings is 2. The van der Waals surface area contributed by atoms with Crippen molar-refractivity contribution in [2.45, 2.75) is 18.4 Å². The van der Waals surface area contributed by atoms with E-state index in [1.54, 1.807) is 36.7 Å². The Morgan fingerprint density at radius 1 is 0.931 bits per heavy atom. The fourth-order valence-electron chi connectivity index (χ4n) is 3.01. The smallest absolute Gasteiger partial charge is 0.240 e. The van der Waals surface area contributed by atoms with Crippen molar-refractivity contribution in [1.82, 2.24) is 9.71 Å². The van der Waals surface area contributed by atoms with Crippen molar-refractivity contribution in [1.29, 1.82) is 0 Å². The van der Waals surface area contributed by atoms with Crippen molar-refractivity contribution in [2.24, 2.45) is 0 Å². The van der Waals surface area contributed by atoms with Gasteiger partial charge in [-0.15, -0.1) is 0 Å². The third-order valence-electron chi connectivity index (χ3n) is 4.58. The van der Waals surface area contributed by atoms with Crippen LogP contribution in [0.2, 0.25) is 0 Å². The summed E-state index contributed by atoms with van der Waals surface area (Å²) in [6.07, 6.45) is 3.23. The van der Waals surface area contributed by atoms with Gasteiger partial charge in [0.1, 0.15) is 5.69 Å². The van der Waals surface area contributed by atoms with E-state index in [0.717, 1.165) is 22.3 Å². The molecule has 4 rings (SSSR count). The first-order chi connectivity index (χ1) is 14.0. The zero-order chi connectivity index (χ0) is 20.3. The van der Waals surface area contributed by atoms with Crippen molar-refractivity contribution in [3.05, 3.63) is 96.4 Å². The molecule has 4 aromatic rings. The van der Waals surface area contributed by atoms with Crippen LogP contribution in [0.3, 0.4) is 0 Å². The fraction of sp³-hybridized carbons (Fsp3) is 0.0870. The second-order valence-electron chi connectivity index (χ2n) is 6.75. The number of nitrogens with one attached hydrogen (secondary N) is 1. The molecule has 0 aliphatic heterocycles. The van der Waals surface area contributed by atoms with Crippen LogP contribution in [-0.4, -0.2) is 13.4 Å². The van der Waals surface area contributed by atoms with Crippen LogP contribution in [0.15, 0.2) is 94.6 Å². The first-order valence-electron chi connectivity index (χ1n) is 9.17. The van der Waals surface area contributed by atoms with Gasteiger partial charge in [-0.2, -0.15) is 0 Å². The molecule has 0 aliphatic carbocycles. The highest BCUT2D eigenvalue weighted by Gasteiger charge is 2.14. The van der Waals surface area contributed by atoms with Crippen molar-refractivity contribution in [2.75, 3.05) is 0 Å². The Balaban J connectivity index is 1.44. The van der Waals surface area contributed by atoms with E-state index in [9.17, 15) is 8.42 Å². The molecule has 0 fully saturated rings. The normalized spacial score (nSPS) is 11.5. The molecule has 2 aromatic carbocycles. The van der Waals surface area contributed by atoms with Gasteiger partial charge in [0.25, 0.3) is 0 Å². The summed E-state index contributed by atoms with van der Waals surface area (Å²) in [6, 6.07) is 22.2. The Labute approximate surface area is 170 Å². The number of aryl methyl sites for hydroxylation is 1. The number of sulfonamides is 1. The molecule has 5 nitrogen and oxygen atoms in total. The molecule has 6 heteroatoms. The maximum Gasteiger partial charge on any atom is 0.240 e. The number of rotatable bonds is 6. The van der Waals surface area contributed by atoms with Gasteiger partial charge in [-0.05, 0) is 53.9 Å². The molecule has 0 amide bonds. The number of aromatic nitrogens is 1. The zero-order valence-electron chi connectivity index (χ0n) is 15.9. The number of hydrogen-bond donors (Lipinski definition) is 1. The van der Waals surface area contributed by atoms with E-state index in [1.807, 2.05) is 49.4 Å². The molecule has 2 aromatic heterocycles. The molecular weight excluding hydrogens is 384 g/mol. The molecule has 0 unspecified atom stereocenters. The molecule has 1 N–H and O–H groups in total. The summed E-state index contributed by atoms with van der Waals surface area (Å²) in [5.74, 6) is 0.672. The number of nitrogens with zero attached hydrogens (tertiary/aromatic N) is 1. The van der Waals surface area contributed by atoms with Gasteiger partial charge in [-0.1, -0.05) is 48.0 Å². The Kier molecular flexibility index (Phi) is 5.29. The van der Waals surface area contributed by atoms with Gasteiger partial charge >= 0.3 is 0 Å². The maximum absolute atomic E-state index is 12.6. The fourth-order valence-corrected chi connectivity index (χ4v) is 4.03. The largest absolute Gasteiger partial charge is 0.463 e. The van der Waals surface area contributed by atoms with Crippen molar-refractivity contribution in [3.63, 3.8) is 0 Å². The lowest BCUT2D eigenvalue weighted by Gasteiger charge is -2.09. The van der Waals surface area contributed by atoms with Crippen LogP contribution < -0.4 is 4.72 Å². The predicted molar refractivity (Wildman–Crippen MR) is 113 cm³/mol. The van der Waals surface area contributed by atoms with Gasteiger partial charge in [0.05, 0.1) is 11.2 Å². The molecule has 2 heterocycles. The van der Waals surface area contributed by atoms with E-state index in [0.29, 0.717) is 11.5 Å². The van der Waals surface area contributed by atoms with Crippen LogP contribution >= 0.6 is 0 Å². The van der Waals surface area contributed by atoms with Gasteiger partial charge in [0.2, 0.25) is 10.0 Å². The molecule has 0 spiro atoms. The highest BCUT2D eigenvalue weighted by Crippen LogP contribution is 2.22. The van der Waals surface area contributed by atoms with Gasteiger partial charge < -0.3 is 4.42 Å². The van der Waals surface area contributed by atoms with Crippen LogP contribution in [0, 0.1) is 6.92 Å². The average molecular weight is 404 g/mol. The summed E-state index contributed by atoms with van der Waals surface area (Å²) in [5.41, 5.74) is 4.66. The molecule has 0 aliphatic rings. The maximum atomic E-state index is 12.6. The quantitative estimate of drug-likeness (QED) is 0.501. The van der Waals surface area contributed by atoms with Crippen LogP contribution in [0.1, 0.15) is 11.1 Å². The van der Waals surface area contributed by atoms with E-state index in [2.05, 4.69) is 15.8 Å². The lowest BCUT2D eigenvalue weighted by atomic mass is 10.0. The SMILES string of the molecule is Cc1cccc(-c2ccc(S(=O)(=O)NCc3ccc(-c4ccco4)nc3)cc2)c1. The minimum atomic E-state index is -3.62. The van der Waals surface area contributed by atoms with Crippen molar-refractivity contribution < 1.29 is 12.8 Å². The average Bonchev–Trinajstić information content (AvgIpc) is 3.28. The monoisotopic (exact) mass is 404 g/mol. The van der Waals surface area contributed by atoms with Gasteiger partial charge in [-0.3, -0.25) is 4.98 Å². The van der Waals surface area contributed by atoms with E-state index < -0.39 is 10.0 Å². The minimum Gasteiger partial charge on any atom is -0.463 e. The van der Waals surface area contributed by atoms with Crippen LogP contribution in [0.4, 0.5) is 0 Å². The summed E-state index contributed by atoms with van der Waals surface area (Å²) in [4.78, 5) is 4.55. The predicted octanol–water partition coefficient (Wildman–Crippen LogP) is 4.80. The highest BCUT2D eigenvalue weighted by molar-refractivity contribution is 7.89. The third kappa shape index (κ3) is 4.45. The van der Waals surface area contributed by atoms with E-state index in [-0.39, 0.29) is 11.4 Å². The van der Waals surface area contributed by atoms with Crippen LogP contribution in [-0.2, 0) is 16.6 Å². The molecule has 146 valence electrons. The molecule has 29 heavy (non-hydrogen) atoms. The summed E-state index contributed by atoms with van der Waals surface area (Å²) >= 11 is 0. The number of hydrogen-bond acceptors (Lipinski definition) is 4. The minimum absolute atomic E-state index is 0.160. The van der Waals surface area contributed by atoms with Crippen molar-refractivity contribution >= 4 is 10.0 Å². The Morgan fingerprint density at radius 2 is 1.76 bits per heavy atom. The van der Waals surface area contributed by atoms with Gasteiger partial charge in [0, 0.05) is 12.7 Å². The first kappa shape index (κ1) is 19.1. The number of pyridine rings is 1. The van der Waals surface area contributed by atoms with Crippen LogP contribution in [0.25, 0.3) is 22.6 Å². The highest BCUT2D eigenvalue weighted by atomic mass is 32.2. The summed E-state index contributed by atoms with van der Waals surface area (Å²) in [5, 5.41) is 0. The number of furan rings is 1. The topological polar surface area (TPSA) is 72.2 Å². The summed E-state index contributed by atoms with van der Waals surface area (Å²) < 4.78 is 33.2. The molecule has 0 radical (unpaired) electrons. The molecule has 0 atom stereocenters. The van der Waals surface area contributed by atoms with E-state index in [4.69, 9.17) is 4.42 Å². The summed E-state index contributed by atoms with van der Waals surface area (Å²) in [6.45, 7) is 2.19. The Bertz CT molecular complexity index is 1200. The third-order valence-corrected chi connectivity index (χ3v) is 6.00. The second kappa shape index (κ2) is 8.03. The zero-order valence-corrected chi connectivity index (χ0v) is 16.7. The standard InChI is InChI=1S/C23H20N2O3S/c1-17-4-2-5-20(14-17)19-8-10-21(11-9-19)29(26,27)25-16-18-7-12-22(24-15-18)23-6-3-13-28-23/h2-15,25H,16H2,1H3. The lowest BCUT2D eigenvalue weighted by molar-refractivity contribution is 0.578. The summed E-state index contributed by atoms with van der Waals surface area (Å²) in [7, 11) is -3.62. The van der Waals surface area contributed by atoms with Gasteiger partial charge in [0.15, 0.2) is 5.76 Å². The van der Waals surface area contributed by atoms with Crippen molar-refractivity contribution in [3.8, 4) is 22.6 Å². The molecule has 0 bridgehead atoms. The van der Waals surface area contributed by atoms with Crippen LogP contribution in [0.5, 0.6) is 0 Å². The Morgan fingerprint density at radius 3 is 2.41 bits per heavy atom. The molecule has 0 saturated carbocycles. The lowest BCUT2D eigenvalue weighted by Crippen LogP contribution is -2.23. The molecule has 0 saturated heterocycles. The molecular formula is C23H20N2O3S. The first-order valence-corrected chi connectivity index (χ1v) is 10.7. The Hall–Kier alpha value is -3.22.